The first-order valence-corrected chi connectivity index (χ1v) is 9.18. The molecule has 0 atom stereocenters. The highest BCUT2D eigenvalue weighted by Crippen LogP contribution is 2.33. The van der Waals surface area contributed by atoms with Gasteiger partial charge in [-0.15, -0.1) is 0 Å². The number of carbonyl (C=O) groups excluding carboxylic acids is 1. The van der Waals surface area contributed by atoms with Crippen LogP contribution in [0.4, 0.5) is 5.69 Å². The van der Waals surface area contributed by atoms with E-state index in [1.54, 1.807) is 32.4 Å². The molecule has 4 rings (SSSR count). The first kappa shape index (κ1) is 19.5. The Morgan fingerprint density at radius 3 is 2.73 bits per heavy atom. The predicted octanol–water partition coefficient (Wildman–Crippen LogP) is 2.88. The second-order valence-electron chi connectivity index (χ2n) is 6.92. The first-order valence-electron chi connectivity index (χ1n) is 9.18. The Morgan fingerprint density at radius 2 is 2.00 bits per heavy atom. The van der Waals surface area contributed by atoms with Gasteiger partial charge >= 0.3 is 0 Å². The number of benzene rings is 1. The number of aromatic nitrogens is 4. The third-order valence-corrected chi connectivity index (χ3v) is 4.56. The van der Waals surface area contributed by atoms with Gasteiger partial charge in [0.1, 0.15) is 11.5 Å². The van der Waals surface area contributed by atoms with Crippen LogP contribution in [0.2, 0.25) is 0 Å². The van der Waals surface area contributed by atoms with E-state index in [0.717, 1.165) is 5.52 Å². The molecule has 10 nitrogen and oxygen atoms in total. The van der Waals surface area contributed by atoms with Crippen LogP contribution in [0, 0.1) is 0 Å². The molecule has 0 aliphatic rings. The van der Waals surface area contributed by atoms with Gasteiger partial charge < -0.3 is 29.1 Å². The van der Waals surface area contributed by atoms with Crippen LogP contribution in [0.1, 0.15) is 16.1 Å². The van der Waals surface area contributed by atoms with E-state index in [2.05, 4.69) is 25.5 Å². The average molecular weight is 410 g/mol. The van der Waals surface area contributed by atoms with Gasteiger partial charge in [0.15, 0.2) is 17.3 Å². The minimum absolute atomic E-state index is 0.289. The van der Waals surface area contributed by atoms with Crippen molar-refractivity contribution in [2.24, 2.45) is 0 Å². The number of imidazole rings is 1. The number of carbonyl (C=O) groups is 1. The van der Waals surface area contributed by atoms with Crippen molar-refractivity contribution in [3.8, 4) is 23.0 Å². The number of ether oxygens (including phenoxy) is 2. The number of fused-ring (bicyclic) bond motifs is 1. The molecule has 1 amide bonds. The van der Waals surface area contributed by atoms with Crippen LogP contribution in [-0.2, 0) is 6.54 Å². The molecule has 4 aromatic rings. The van der Waals surface area contributed by atoms with Crippen molar-refractivity contribution in [2.75, 3.05) is 33.6 Å². The summed E-state index contributed by atoms with van der Waals surface area (Å²) < 4.78 is 16.1. The molecule has 0 spiro atoms. The summed E-state index contributed by atoms with van der Waals surface area (Å²) in [7, 11) is 6.96. The Morgan fingerprint density at radius 1 is 1.23 bits per heavy atom. The Labute approximate surface area is 172 Å². The summed E-state index contributed by atoms with van der Waals surface area (Å²) in [5, 5.41) is 9.82. The summed E-state index contributed by atoms with van der Waals surface area (Å²) in [5.41, 5.74) is 2.97. The predicted molar refractivity (Wildman–Crippen MR) is 111 cm³/mol. The standard InChI is InChI=1S/C20H22N6O4/c1-26(2)10-17-11(5-6-30-17)20(27)24-14-9-21-25-18(14)19-22-12-7-15(28-3)16(29-4)8-13(12)23-19/h5-9H,10H2,1-4H3,(H,21,25)(H,22,23)(H,24,27). The van der Waals surface area contributed by atoms with Crippen LogP contribution in [0.3, 0.4) is 0 Å². The lowest BCUT2D eigenvalue weighted by atomic mass is 10.2. The van der Waals surface area contributed by atoms with Gasteiger partial charge in [0, 0.05) is 12.1 Å². The number of hydrogen-bond donors (Lipinski definition) is 3. The van der Waals surface area contributed by atoms with E-state index in [4.69, 9.17) is 13.9 Å². The van der Waals surface area contributed by atoms with E-state index in [1.165, 1.54) is 12.5 Å². The second-order valence-corrected chi connectivity index (χ2v) is 6.92. The summed E-state index contributed by atoms with van der Waals surface area (Å²) in [6.07, 6.45) is 3.04. The molecule has 0 saturated carbocycles. The monoisotopic (exact) mass is 410 g/mol. The molecule has 3 heterocycles. The quantitative estimate of drug-likeness (QED) is 0.428. The zero-order chi connectivity index (χ0) is 21.3. The molecule has 156 valence electrons. The van der Waals surface area contributed by atoms with Crippen LogP contribution in [0.25, 0.3) is 22.6 Å². The summed E-state index contributed by atoms with van der Waals surface area (Å²) in [5.74, 6) is 1.99. The molecule has 0 radical (unpaired) electrons. The molecular formula is C20H22N6O4. The third kappa shape index (κ3) is 3.60. The minimum Gasteiger partial charge on any atom is -0.493 e. The number of nitrogens with zero attached hydrogens (tertiary/aromatic N) is 3. The minimum atomic E-state index is -0.289. The summed E-state index contributed by atoms with van der Waals surface area (Å²) in [6, 6.07) is 5.23. The smallest absolute Gasteiger partial charge is 0.259 e. The van der Waals surface area contributed by atoms with Crippen molar-refractivity contribution in [1.82, 2.24) is 25.1 Å². The van der Waals surface area contributed by atoms with E-state index in [9.17, 15) is 4.79 Å². The highest BCUT2D eigenvalue weighted by molar-refractivity contribution is 6.06. The highest BCUT2D eigenvalue weighted by Gasteiger charge is 2.20. The van der Waals surface area contributed by atoms with Crippen molar-refractivity contribution in [3.05, 3.63) is 42.0 Å². The fourth-order valence-corrected chi connectivity index (χ4v) is 3.16. The Hall–Kier alpha value is -3.79. The zero-order valence-electron chi connectivity index (χ0n) is 17.1. The molecule has 3 N–H and O–H groups in total. The lowest BCUT2D eigenvalue weighted by Gasteiger charge is -2.09. The molecular weight excluding hydrogens is 388 g/mol. The van der Waals surface area contributed by atoms with Crippen LogP contribution < -0.4 is 14.8 Å². The summed E-state index contributed by atoms with van der Waals surface area (Å²) in [4.78, 5) is 22.5. The lowest BCUT2D eigenvalue weighted by Crippen LogP contribution is -2.17. The number of H-pyrrole nitrogens is 2. The highest BCUT2D eigenvalue weighted by atomic mass is 16.5. The summed E-state index contributed by atoms with van der Waals surface area (Å²) >= 11 is 0. The van der Waals surface area contributed by atoms with Crippen LogP contribution >= 0.6 is 0 Å². The second kappa shape index (κ2) is 7.91. The number of amides is 1. The van der Waals surface area contributed by atoms with Gasteiger partial charge in [0.05, 0.1) is 55.5 Å². The topological polar surface area (TPSA) is 121 Å². The number of anilines is 1. The molecule has 3 aromatic heterocycles. The SMILES string of the molecule is COc1cc2nc(-c3[nH]ncc3NC(=O)c3ccoc3CN(C)C)[nH]c2cc1OC. The van der Waals surface area contributed by atoms with Crippen molar-refractivity contribution < 1.29 is 18.7 Å². The fraction of sp³-hybridized carbons (Fsp3) is 0.250. The van der Waals surface area contributed by atoms with Gasteiger partial charge in [-0.05, 0) is 20.2 Å². The molecule has 30 heavy (non-hydrogen) atoms. The molecule has 0 saturated heterocycles. The maximum absolute atomic E-state index is 12.8. The number of methoxy groups -OCH3 is 2. The van der Waals surface area contributed by atoms with E-state index in [1.807, 2.05) is 19.0 Å². The Bertz CT molecular complexity index is 1150. The number of aromatic amines is 2. The van der Waals surface area contributed by atoms with E-state index in [-0.39, 0.29) is 5.91 Å². The molecule has 10 heteroatoms. The largest absolute Gasteiger partial charge is 0.493 e. The van der Waals surface area contributed by atoms with E-state index >= 15 is 0 Å². The van der Waals surface area contributed by atoms with E-state index in [0.29, 0.717) is 52.1 Å². The lowest BCUT2D eigenvalue weighted by molar-refractivity contribution is 0.102. The number of nitrogens with one attached hydrogen (secondary N) is 3. The molecule has 1 aromatic carbocycles. The maximum Gasteiger partial charge on any atom is 0.259 e. The number of furan rings is 1. The normalized spacial score (nSPS) is 11.2. The van der Waals surface area contributed by atoms with Gasteiger partial charge in [-0.1, -0.05) is 0 Å². The molecule has 0 aliphatic heterocycles. The van der Waals surface area contributed by atoms with Crippen molar-refractivity contribution in [2.45, 2.75) is 6.54 Å². The Kier molecular flexibility index (Phi) is 5.15. The van der Waals surface area contributed by atoms with Gasteiger partial charge in [-0.2, -0.15) is 5.10 Å². The van der Waals surface area contributed by atoms with Gasteiger partial charge in [0.2, 0.25) is 0 Å². The third-order valence-electron chi connectivity index (χ3n) is 4.56. The van der Waals surface area contributed by atoms with Gasteiger partial charge in [-0.25, -0.2) is 4.98 Å². The van der Waals surface area contributed by atoms with Crippen molar-refractivity contribution >= 4 is 22.6 Å². The van der Waals surface area contributed by atoms with Crippen LogP contribution in [0.15, 0.2) is 35.1 Å². The van der Waals surface area contributed by atoms with Crippen molar-refractivity contribution in [3.63, 3.8) is 0 Å². The average Bonchev–Trinajstić information content (AvgIpc) is 3.44. The van der Waals surface area contributed by atoms with E-state index < -0.39 is 0 Å². The molecule has 0 unspecified atom stereocenters. The zero-order valence-corrected chi connectivity index (χ0v) is 17.1. The molecule has 0 bridgehead atoms. The Balaban J connectivity index is 1.64. The van der Waals surface area contributed by atoms with Crippen molar-refractivity contribution in [1.29, 1.82) is 0 Å². The van der Waals surface area contributed by atoms with Crippen LogP contribution in [-0.4, -0.2) is 59.3 Å². The van der Waals surface area contributed by atoms with Crippen LogP contribution in [0.5, 0.6) is 11.5 Å². The fourth-order valence-electron chi connectivity index (χ4n) is 3.16. The maximum atomic E-state index is 12.8. The van der Waals surface area contributed by atoms with Gasteiger partial charge in [0.25, 0.3) is 5.91 Å². The number of rotatable bonds is 7. The molecule has 0 aliphatic carbocycles. The number of hydrogen-bond acceptors (Lipinski definition) is 7. The molecule has 0 fully saturated rings. The van der Waals surface area contributed by atoms with Gasteiger partial charge in [-0.3, -0.25) is 9.89 Å². The summed E-state index contributed by atoms with van der Waals surface area (Å²) in [6.45, 7) is 0.515. The first-order chi connectivity index (χ1) is 14.5.